The Morgan fingerprint density at radius 3 is 2.12 bits per heavy atom. The molecule has 2 heteroatoms. The second-order valence-corrected chi connectivity index (χ2v) is 6.02. The monoisotopic (exact) mass is 240 g/mol. The van der Waals surface area contributed by atoms with Gasteiger partial charge in [0, 0.05) is 25.2 Å². The van der Waals surface area contributed by atoms with E-state index in [1.165, 1.54) is 45.3 Å². The Morgan fingerprint density at radius 2 is 1.76 bits per heavy atom. The summed E-state index contributed by atoms with van der Waals surface area (Å²) in [5, 5.41) is 3.74. The molecule has 2 nitrogen and oxygen atoms in total. The smallest absolute Gasteiger partial charge is 0.00684 e. The van der Waals surface area contributed by atoms with Crippen LogP contribution < -0.4 is 5.32 Å². The lowest BCUT2D eigenvalue weighted by Gasteiger charge is -2.39. The highest BCUT2D eigenvalue weighted by Gasteiger charge is 2.31. The molecule has 0 aromatic rings. The fourth-order valence-corrected chi connectivity index (χ4v) is 2.52. The average Bonchev–Trinajstić information content (AvgIpc) is 3.14. The molecule has 102 valence electrons. The highest BCUT2D eigenvalue weighted by molar-refractivity contribution is 4.88. The first kappa shape index (κ1) is 15.0. The zero-order valence-electron chi connectivity index (χ0n) is 12.6. The SMILES string of the molecule is CCN(CC(CC)(CC)CNC1CC1)C(C)C. The van der Waals surface area contributed by atoms with E-state index in [0.717, 1.165) is 6.04 Å². The van der Waals surface area contributed by atoms with Crippen LogP contribution in [-0.4, -0.2) is 36.6 Å². The van der Waals surface area contributed by atoms with Crippen LogP contribution in [0.3, 0.4) is 0 Å². The third-order valence-electron chi connectivity index (χ3n) is 4.52. The van der Waals surface area contributed by atoms with Gasteiger partial charge in [-0.2, -0.15) is 0 Å². The van der Waals surface area contributed by atoms with Crippen molar-refractivity contribution in [3.8, 4) is 0 Å². The normalized spacial score (nSPS) is 17.1. The van der Waals surface area contributed by atoms with E-state index >= 15 is 0 Å². The van der Waals surface area contributed by atoms with Gasteiger partial charge < -0.3 is 10.2 Å². The van der Waals surface area contributed by atoms with E-state index in [2.05, 4.69) is 44.8 Å². The van der Waals surface area contributed by atoms with Crippen molar-refractivity contribution >= 4 is 0 Å². The summed E-state index contributed by atoms with van der Waals surface area (Å²) in [6.07, 6.45) is 5.36. The molecule has 1 aliphatic rings. The van der Waals surface area contributed by atoms with Gasteiger partial charge in [0.15, 0.2) is 0 Å². The average molecular weight is 240 g/mol. The fourth-order valence-electron chi connectivity index (χ4n) is 2.52. The minimum atomic E-state index is 0.475. The lowest BCUT2D eigenvalue weighted by atomic mass is 9.81. The van der Waals surface area contributed by atoms with Crippen LogP contribution in [0.2, 0.25) is 0 Å². The first-order chi connectivity index (χ1) is 8.06. The number of rotatable bonds is 9. The molecule has 0 saturated heterocycles. The van der Waals surface area contributed by atoms with Crippen molar-refractivity contribution in [3.63, 3.8) is 0 Å². The lowest BCUT2D eigenvalue weighted by molar-refractivity contribution is 0.114. The van der Waals surface area contributed by atoms with Crippen LogP contribution >= 0.6 is 0 Å². The van der Waals surface area contributed by atoms with Crippen LogP contribution in [0.5, 0.6) is 0 Å². The fraction of sp³-hybridized carbons (Fsp3) is 1.00. The first-order valence-electron chi connectivity index (χ1n) is 7.54. The van der Waals surface area contributed by atoms with Gasteiger partial charge in [0.2, 0.25) is 0 Å². The van der Waals surface area contributed by atoms with Gasteiger partial charge in [-0.3, -0.25) is 0 Å². The standard InChI is InChI=1S/C15H32N2/c1-6-15(7-2,11-16-14-9-10-14)12-17(8-3)13(4)5/h13-14,16H,6-12H2,1-5H3. The van der Waals surface area contributed by atoms with Gasteiger partial charge in [0.05, 0.1) is 0 Å². The summed E-state index contributed by atoms with van der Waals surface area (Å²) in [5.74, 6) is 0. The largest absolute Gasteiger partial charge is 0.313 e. The summed E-state index contributed by atoms with van der Waals surface area (Å²) in [6.45, 7) is 15.2. The van der Waals surface area contributed by atoms with Crippen molar-refractivity contribution in [1.82, 2.24) is 10.2 Å². The number of nitrogens with zero attached hydrogens (tertiary/aromatic N) is 1. The Morgan fingerprint density at radius 1 is 1.18 bits per heavy atom. The molecule has 17 heavy (non-hydrogen) atoms. The van der Waals surface area contributed by atoms with Gasteiger partial charge in [-0.25, -0.2) is 0 Å². The molecule has 1 aliphatic carbocycles. The van der Waals surface area contributed by atoms with Gasteiger partial charge in [0.25, 0.3) is 0 Å². The van der Waals surface area contributed by atoms with Crippen LogP contribution in [0, 0.1) is 5.41 Å². The van der Waals surface area contributed by atoms with Crippen LogP contribution in [0.1, 0.15) is 60.3 Å². The molecule has 0 aromatic carbocycles. The third kappa shape index (κ3) is 4.59. The molecule has 0 spiro atoms. The Bertz CT molecular complexity index is 205. The summed E-state index contributed by atoms with van der Waals surface area (Å²) < 4.78 is 0. The Hall–Kier alpha value is -0.0800. The second kappa shape index (κ2) is 6.75. The zero-order chi connectivity index (χ0) is 12.9. The Labute approximate surface area is 108 Å². The van der Waals surface area contributed by atoms with E-state index in [-0.39, 0.29) is 0 Å². The van der Waals surface area contributed by atoms with E-state index in [0.29, 0.717) is 11.5 Å². The van der Waals surface area contributed by atoms with Crippen molar-refractivity contribution in [2.45, 2.75) is 72.4 Å². The molecule has 0 atom stereocenters. The van der Waals surface area contributed by atoms with Gasteiger partial charge >= 0.3 is 0 Å². The second-order valence-electron chi connectivity index (χ2n) is 6.02. The lowest BCUT2D eigenvalue weighted by Crippen LogP contribution is -2.46. The molecule has 1 rings (SSSR count). The van der Waals surface area contributed by atoms with Gasteiger partial charge in [-0.1, -0.05) is 20.8 Å². The number of nitrogens with one attached hydrogen (secondary N) is 1. The van der Waals surface area contributed by atoms with Crippen molar-refractivity contribution in [2.75, 3.05) is 19.6 Å². The molecule has 0 radical (unpaired) electrons. The van der Waals surface area contributed by atoms with E-state index in [1.54, 1.807) is 0 Å². The predicted octanol–water partition coefficient (Wildman–Crippen LogP) is 3.28. The summed E-state index contributed by atoms with van der Waals surface area (Å²) in [4.78, 5) is 2.61. The molecule has 0 amide bonds. The molecular formula is C15H32N2. The molecule has 0 aromatic heterocycles. The van der Waals surface area contributed by atoms with Crippen LogP contribution in [-0.2, 0) is 0 Å². The van der Waals surface area contributed by atoms with Crippen molar-refractivity contribution in [3.05, 3.63) is 0 Å². The summed E-state index contributed by atoms with van der Waals surface area (Å²) in [5.41, 5.74) is 0.475. The highest BCUT2D eigenvalue weighted by atomic mass is 15.2. The van der Waals surface area contributed by atoms with Crippen LogP contribution in [0.15, 0.2) is 0 Å². The van der Waals surface area contributed by atoms with Crippen LogP contribution in [0.25, 0.3) is 0 Å². The maximum atomic E-state index is 3.74. The zero-order valence-corrected chi connectivity index (χ0v) is 12.6. The van der Waals surface area contributed by atoms with E-state index < -0.39 is 0 Å². The number of hydrogen-bond acceptors (Lipinski definition) is 2. The molecule has 0 heterocycles. The van der Waals surface area contributed by atoms with Crippen molar-refractivity contribution in [1.29, 1.82) is 0 Å². The first-order valence-corrected chi connectivity index (χ1v) is 7.54. The van der Waals surface area contributed by atoms with E-state index in [4.69, 9.17) is 0 Å². The molecule has 0 bridgehead atoms. The molecule has 0 aliphatic heterocycles. The van der Waals surface area contributed by atoms with Gasteiger partial charge in [-0.15, -0.1) is 0 Å². The molecular weight excluding hydrogens is 208 g/mol. The quantitative estimate of drug-likeness (QED) is 0.665. The Kier molecular flexibility index (Phi) is 5.94. The maximum absolute atomic E-state index is 3.74. The van der Waals surface area contributed by atoms with Gasteiger partial charge in [0.1, 0.15) is 0 Å². The molecule has 1 N–H and O–H groups in total. The van der Waals surface area contributed by atoms with Crippen molar-refractivity contribution < 1.29 is 0 Å². The third-order valence-corrected chi connectivity index (χ3v) is 4.52. The number of hydrogen-bond donors (Lipinski definition) is 1. The van der Waals surface area contributed by atoms with Crippen LogP contribution in [0.4, 0.5) is 0 Å². The predicted molar refractivity (Wildman–Crippen MR) is 76.4 cm³/mol. The van der Waals surface area contributed by atoms with Crippen molar-refractivity contribution in [2.24, 2.45) is 5.41 Å². The van der Waals surface area contributed by atoms with E-state index in [9.17, 15) is 0 Å². The Balaban J connectivity index is 2.53. The summed E-state index contributed by atoms with van der Waals surface area (Å²) in [6, 6.07) is 1.50. The van der Waals surface area contributed by atoms with Gasteiger partial charge in [-0.05, 0) is 51.5 Å². The minimum Gasteiger partial charge on any atom is -0.313 e. The minimum absolute atomic E-state index is 0.475. The highest BCUT2D eigenvalue weighted by Crippen LogP contribution is 2.29. The molecule has 1 fully saturated rings. The van der Waals surface area contributed by atoms with E-state index in [1.807, 2.05) is 0 Å². The topological polar surface area (TPSA) is 15.3 Å². The maximum Gasteiger partial charge on any atom is 0.00684 e. The summed E-state index contributed by atoms with van der Waals surface area (Å²) >= 11 is 0. The molecule has 1 saturated carbocycles. The molecule has 0 unspecified atom stereocenters. The summed E-state index contributed by atoms with van der Waals surface area (Å²) in [7, 11) is 0.